The summed E-state index contributed by atoms with van der Waals surface area (Å²) in [5.41, 5.74) is 2.31. The van der Waals surface area contributed by atoms with Crippen LogP contribution < -0.4 is 5.32 Å². The molecule has 0 bridgehead atoms. The largest absolute Gasteiger partial charge is 0.348 e. The lowest BCUT2D eigenvalue weighted by Gasteiger charge is -2.12. The van der Waals surface area contributed by atoms with Gasteiger partial charge in [0.15, 0.2) is 5.82 Å². The van der Waals surface area contributed by atoms with Crippen LogP contribution in [0.2, 0.25) is 0 Å². The minimum Gasteiger partial charge on any atom is -0.348 e. The van der Waals surface area contributed by atoms with Crippen LogP contribution in [0, 0.1) is 6.92 Å². The molecule has 0 unspecified atom stereocenters. The molecule has 2 aromatic heterocycles. The Morgan fingerprint density at radius 3 is 2.62 bits per heavy atom. The van der Waals surface area contributed by atoms with Gasteiger partial charge in [-0.15, -0.1) is 23.1 Å². The van der Waals surface area contributed by atoms with E-state index in [1.807, 2.05) is 61.0 Å². The molecule has 0 saturated heterocycles. The van der Waals surface area contributed by atoms with Crippen LogP contribution in [-0.4, -0.2) is 22.1 Å². The number of hydrogen-bond acceptors (Lipinski definition) is 5. The fourth-order valence-electron chi connectivity index (χ4n) is 2.34. The van der Waals surface area contributed by atoms with E-state index in [0.717, 1.165) is 10.4 Å². The monoisotopic (exact) mass is 355 g/mol. The highest BCUT2D eigenvalue weighted by Gasteiger charge is 2.19. The molecule has 6 heteroatoms. The molecule has 3 aromatic rings. The van der Waals surface area contributed by atoms with E-state index in [2.05, 4.69) is 15.3 Å². The van der Waals surface area contributed by atoms with Crippen LogP contribution in [0.25, 0.3) is 10.7 Å². The van der Waals surface area contributed by atoms with Crippen LogP contribution in [0.4, 0.5) is 0 Å². The average Bonchev–Trinajstić information content (AvgIpc) is 3.14. The first-order valence-electron chi connectivity index (χ1n) is 7.47. The standard InChI is InChI=1S/C18H17N3OS2/c1-12-15(17(22)19-11-13-7-4-3-5-8-13)18(23-2)21-16(20-12)14-9-6-10-24-14/h3-10H,11H2,1-2H3,(H,19,22). The van der Waals surface area contributed by atoms with Gasteiger partial charge >= 0.3 is 0 Å². The van der Waals surface area contributed by atoms with Gasteiger partial charge in [0.25, 0.3) is 5.91 Å². The zero-order chi connectivity index (χ0) is 16.9. The molecule has 1 N–H and O–H groups in total. The van der Waals surface area contributed by atoms with E-state index in [1.165, 1.54) is 11.8 Å². The third-order valence-corrected chi connectivity index (χ3v) is 5.06. The zero-order valence-electron chi connectivity index (χ0n) is 13.4. The summed E-state index contributed by atoms with van der Waals surface area (Å²) >= 11 is 3.05. The van der Waals surface area contributed by atoms with E-state index < -0.39 is 0 Å². The summed E-state index contributed by atoms with van der Waals surface area (Å²) in [6.45, 7) is 2.34. The smallest absolute Gasteiger partial charge is 0.256 e. The number of amides is 1. The summed E-state index contributed by atoms with van der Waals surface area (Å²) in [4.78, 5) is 22.7. The van der Waals surface area contributed by atoms with E-state index in [0.29, 0.717) is 28.7 Å². The molecule has 0 saturated carbocycles. The topological polar surface area (TPSA) is 54.9 Å². The molecule has 24 heavy (non-hydrogen) atoms. The van der Waals surface area contributed by atoms with E-state index in [9.17, 15) is 4.79 Å². The van der Waals surface area contributed by atoms with Crippen LogP contribution in [0.1, 0.15) is 21.6 Å². The molecule has 0 aliphatic carbocycles. The molecule has 0 aliphatic heterocycles. The third kappa shape index (κ3) is 3.66. The molecule has 1 amide bonds. The Labute approximate surface area is 149 Å². The lowest BCUT2D eigenvalue weighted by Crippen LogP contribution is -2.25. The third-order valence-electron chi connectivity index (χ3n) is 3.51. The highest BCUT2D eigenvalue weighted by molar-refractivity contribution is 7.98. The van der Waals surface area contributed by atoms with Gasteiger partial charge in [0.05, 0.1) is 16.1 Å². The Balaban J connectivity index is 1.85. The molecule has 2 heterocycles. The van der Waals surface area contributed by atoms with Gasteiger partial charge in [-0.3, -0.25) is 4.79 Å². The molecular weight excluding hydrogens is 338 g/mol. The van der Waals surface area contributed by atoms with Gasteiger partial charge < -0.3 is 5.32 Å². The van der Waals surface area contributed by atoms with Gasteiger partial charge in [0, 0.05) is 6.54 Å². The number of carbonyl (C=O) groups excluding carboxylic acids is 1. The second kappa shape index (κ2) is 7.59. The van der Waals surface area contributed by atoms with Crippen molar-refractivity contribution in [2.75, 3.05) is 6.26 Å². The van der Waals surface area contributed by atoms with Crippen LogP contribution in [0.15, 0.2) is 52.9 Å². The first kappa shape index (κ1) is 16.7. The van der Waals surface area contributed by atoms with Gasteiger partial charge in [0.1, 0.15) is 5.03 Å². The molecule has 0 radical (unpaired) electrons. The number of aryl methyl sites for hydroxylation is 1. The van der Waals surface area contributed by atoms with E-state index in [1.54, 1.807) is 11.3 Å². The number of hydrogen-bond donors (Lipinski definition) is 1. The minimum absolute atomic E-state index is 0.140. The lowest BCUT2D eigenvalue weighted by molar-refractivity contribution is 0.0946. The molecular formula is C18H17N3OS2. The molecule has 122 valence electrons. The maximum Gasteiger partial charge on any atom is 0.256 e. The Hall–Kier alpha value is -2.18. The van der Waals surface area contributed by atoms with Crippen molar-refractivity contribution >= 4 is 29.0 Å². The van der Waals surface area contributed by atoms with Gasteiger partial charge in [-0.1, -0.05) is 36.4 Å². The predicted molar refractivity (Wildman–Crippen MR) is 99.5 cm³/mol. The molecule has 0 spiro atoms. The van der Waals surface area contributed by atoms with Crippen molar-refractivity contribution in [3.63, 3.8) is 0 Å². The summed E-state index contributed by atoms with van der Waals surface area (Å²) in [5.74, 6) is 0.532. The van der Waals surface area contributed by atoms with E-state index >= 15 is 0 Å². The Kier molecular flexibility index (Phi) is 5.27. The van der Waals surface area contributed by atoms with Crippen molar-refractivity contribution in [2.24, 2.45) is 0 Å². The number of nitrogens with zero attached hydrogens (tertiary/aromatic N) is 2. The average molecular weight is 355 g/mol. The van der Waals surface area contributed by atoms with E-state index in [-0.39, 0.29) is 5.91 Å². The highest BCUT2D eigenvalue weighted by atomic mass is 32.2. The molecule has 3 rings (SSSR count). The van der Waals surface area contributed by atoms with Gasteiger partial charge in [-0.2, -0.15) is 0 Å². The van der Waals surface area contributed by atoms with Crippen LogP contribution in [0.3, 0.4) is 0 Å². The highest BCUT2D eigenvalue weighted by Crippen LogP contribution is 2.27. The summed E-state index contributed by atoms with van der Waals surface area (Å²) < 4.78 is 0. The van der Waals surface area contributed by atoms with Crippen LogP contribution in [0.5, 0.6) is 0 Å². The molecule has 1 aromatic carbocycles. The maximum absolute atomic E-state index is 12.6. The second-order valence-corrected chi connectivity index (χ2v) is 6.91. The number of rotatable bonds is 5. The number of thiophene rings is 1. The van der Waals surface area contributed by atoms with Crippen molar-refractivity contribution in [2.45, 2.75) is 18.5 Å². The Bertz CT molecular complexity index is 833. The van der Waals surface area contributed by atoms with Crippen molar-refractivity contribution in [1.29, 1.82) is 0 Å². The fourth-order valence-corrected chi connectivity index (χ4v) is 3.62. The maximum atomic E-state index is 12.6. The Morgan fingerprint density at radius 2 is 1.96 bits per heavy atom. The number of thioether (sulfide) groups is 1. The van der Waals surface area contributed by atoms with Gasteiger partial charge in [-0.25, -0.2) is 9.97 Å². The van der Waals surface area contributed by atoms with E-state index in [4.69, 9.17) is 0 Å². The quantitative estimate of drug-likeness (QED) is 0.551. The van der Waals surface area contributed by atoms with Crippen LogP contribution >= 0.6 is 23.1 Å². The van der Waals surface area contributed by atoms with Crippen LogP contribution in [-0.2, 0) is 6.54 Å². The van der Waals surface area contributed by atoms with Crippen molar-refractivity contribution in [1.82, 2.24) is 15.3 Å². The number of nitrogens with one attached hydrogen (secondary N) is 1. The minimum atomic E-state index is -0.140. The number of aromatic nitrogens is 2. The van der Waals surface area contributed by atoms with Crippen molar-refractivity contribution < 1.29 is 4.79 Å². The zero-order valence-corrected chi connectivity index (χ0v) is 15.1. The van der Waals surface area contributed by atoms with Crippen molar-refractivity contribution in [3.8, 4) is 10.7 Å². The number of benzene rings is 1. The molecule has 4 nitrogen and oxygen atoms in total. The Morgan fingerprint density at radius 1 is 1.17 bits per heavy atom. The summed E-state index contributed by atoms with van der Waals surface area (Å²) in [7, 11) is 0. The fraction of sp³-hybridized carbons (Fsp3) is 0.167. The first-order valence-corrected chi connectivity index (χ1v) is 9.58. The summed E-state index contributed by atoms with van der Waals surface area (Å²) in [6.07, 6.45) is 1.92. The molecule has 0 fully saturated rings. The van der Waals surface area contributed by atoms with Gasteiger partial charge in [0.2, 0.25) is 0 Å². The first-order chi connectivity index (χ1) is 11.7. The summed E-state index contributed by atoms with van der Waals surface area (Å²) in [6, 6.07) is 13.8. The predicted octanol–water partition coefficient (Wildman–Crippen LogP) is 4.17. The lowest BCUT2D eigenvalue weighted by atomic mass is 10.2. The second-order valence-electron chi connectivity index (χ2n) is 5.16. The SMILES string of the molecule is CSc1nc(-c2cccs2)nc(C)c1C(=O)NCc1ccccc1. The normalized spacial score (nSPS) is 10.6. The molecule has 0 atom stereocenters. The number of carbonyl (C=O) groups is 1. The summed E-state index contributed by atoms with van der Waals surface area (Å²) in [5, 5.41) is 5.65. The van der Waals surface area contributed by atoms with Crippen molar-refractivity contribution in [3.05, 3.63) is 64.7 Å². The van der Waals surface area contributed by atoms with Gasteiger partial charge in [-0.05, 0) is 30.2 Å². The molecule has 0 aliphatic rings.